The number of nitrogens with zero attached hydrogens (tertiary/aromatic N) is 2. The second-order valence-corrected chi connectivity index (χ2v) is 15.6. The Balaban J connectivity index is 0.00000116. The Hall–Kier alpha value is -3.17. The van der Waals surface area contributed by atoms with E-state index in [-0.39, 0.29) is 22.2 Å². The summed E-state index contributed by atoms with van der Waals surface area (Å²) in [5.41, 5.74) is 4.74. The van der Waals surface area contributed by atoms with E-state index in [1.807, 2.05) is 6.92 Å². The number of benzene rings is 3. The molecule has 3 aromatic carbocycles. The molecule has 0 aromatic heterocycles. The van der Waals surface area contributed by atoms with Gasteiger partial charge in [-0.2, -0.15) is 0 Å². The fourth-order valence-corrected chi connectivity index (χ4v) is 7.02. The number of allylic oxidation sites excluding steroid dienone is 2. The van der Waals surface area contributed by atoms with Crippen molar-refractivity contribution in [1.82, 2.24) is 0 Å². The molecule has 0 N–H and O–H groups in total. The first-order valence-electron chi connectivity index (χ1n) is 23.0. The molecule has 0 atom stereocenters. The Labute approximate surface area is 360 Å². The first kappa shape index (κ1) is 51.9. The van der Waals surface area contributed by atoms with Crippen molar-refractivity contribution in [1.29, 1.82) is 0 Å². The monoisotopic (exact) mass is 821 g/mol. The van der Waals surface area contributed by atoms with Gasteiger partial charge >= 0.3 is 16.5 Å². The van der Waals surface area contributed by atoms with E-state index in [1.165, 1.54) is 147 Å². The van der Waals surface area contributed by atoms with Crippen LogP contribution in [0.2, 0.25) is 0 Å². The summed E-state index contributed by atoms with van der Waals surface area (Å²) >= 11 is 0. The minimum absolute atomic E-state index is 0. The van der Waals surface area contributed by atoms with Crippen LogP contribution in [0, 0.1) is 0 Å². The second kappa shape index (κ2) is 37.1. The van der Waals surface area contributed by atoms with Crippen molar-refractivity contribution in [3.05, 3.63) is 96.6 Å². The number of aryl methyl sites for hydroxylation is 1. The molecule has 4 nitrogen and oxygen atoms in total. The zero-order valence-electron chi connectivity index (χ0n) is 36.3. The third-order valence-electron chi connectivity index (χ3n) is 10.4. The maximum Gasteiger partial charge on any atom is 2.00 e. The molecule has 0 saturated heterocycles. The Morgan fingerprint density at radius 3 is 1.39 bits per heavy atom. The molecule has 5 heteroatoms. The third-order valence-corrected chi connectivity index (χ3v) is 10.4. The molecule has 3 aromatic rings. The molecule has 0 fully saturated rings. The average molecular weight is 822 g/mol. The number of hydrogen-bond donors (Lipinski definition) is 0. The molecular weight excluding hydrogens is 743 g/mol. The van der Waals surface area contributed by atoms with Crippen LogP contribution in [0.15, 0.2) is 101 Å². The number of aliphatic imine (C=N–C) groups is 2. The molecule has 0 bridgehead atoms. The Bertz CT molecular complexity index is 1440. The van der Waals surface area contributed by atoms with Gasteiger partial charge in [-0.25, -0.2) is 4.99 Å². The molecule has 0 spiro atoms. The molecule has 0 saturated carbocycles. The van der Waals surface area contributed by atoms with E-state index in [1.54, 1.807) is 12.1 Å². The van der Waals surface area contributed by atoms with Crippen molar-refractivity contribution in [2.24, 2.45) is 9.98 Å². The summed E-state index contributed by atoms with van der Waals surface area (Å²) in [6.45, 7) is 6.54. The van der Waals surface area contributed by atoms with Gasteiger partial charge in [-0.15, -0.1) is 11.5 Å². The smallest absolute Gasteiger partial charge is 0.873 e. The Kier molecular flexibility index (Phi) is 33.8. The van der Waals surface area contributed by atoms with E-state index in [0.29, 0.717) is 12.0 Å². The predicted molar refractivity (Wildman–Crippen MR) is 242 cm³/mol. The predicted octanol–water partition coefficient (Wildman–Crippen LogP) is 15.7. The van der Waals surface area contributed by atoms with E-state index in [9.17, 15) is 10.2 Å². The van der Waals surface area contributed by atoms with Gasteiger partial charge in [0.05, 0.1) is 22.8 Å². The zero-order valence-corrected chi connectivity index (χ0v) is 37.3. The molecule has 0 aliphatic carbocycles. The van der Waals surface area contributed by atoms with Crippen LogP contribution >= 0.6 is 0 Å². The summed E-state index contributed by atoms with van der Waals surface area (Å²) in [6.07, 6.45) is 40.3. The number of rotatable bonds is 31. The molecule has 0 aliphatic heterocycles. The second-order valence-electron chi connectivity index (χ2n) is 15.6. The first-order chi connectivity index (χ1) is 27.6. The van der Waals surface area contributed by atoms with Gasteiger partial charge in [0.15, 0.2) is 0 Å². The van der Waals surface area contributed by atoms with Crippen molar-refractivity contribution >= 4 is 22.8 Å². The van der Waals surface area contributed by atoms with Crippen LogP contribution in [-0.4, -0.2) is 11.4 Å². The van der Waals surface area contributed by atoms with E-state index < -0.39 is 5.75 Å². The number of para-hydroxylation sites is 3. The third kappa shape index (κ3) is 27.2. The van der Waals surface area contributed by atoms with Gasteiger partial charge in [0.1, 0.15) is 0 Å². The summed E-state index contributed by atoms with van der Waals surface area (Å²) in [5.74, 6) is -0.731. The SMILES string of the molecule is CCCCCCCCCCCCCCCCCCCCCCC=CC(=Nc1ccccc1)C(CCCCC)=Nc1ccccc1.CCCc1cccc([O-])c1[O-].[Ni+2]. The van der Waals surface area contributed by atoms with Gasteiger partial charge < -0.3 is 10.2 Å². The van der Waals surface area contributed by atoms with Crippen molar-refractivity contribution in [2.45, 2.75) is 194 Å². The van der Waals surface area contributed by atoms with Crippen molar-refractivity contribution in [3.63, 3.8) is 0 Å². The van der Waals surface area contributed by atoms with Crippen LogP contribution < -0.4 is 10.2 Å². The van der Waals surface area contributed by atoms with Crippen LogP contribution in [0.4, 0.5) is 11.4 Å². The quantitative estimate of drug-likeness (QED) is 0.0368. The zero-order chi connectivity index (χ0) is 40.2. The fourth-order valence-electron chi connectivity index (χ4n) is 7.02. The summed E-state index contributed by atoms with van der Waals surface area (Å²) in [6, 6.07) is 25.3. The van der Waals surface area contributed by atoms with Crippen molar-refractivity contribution in [2.75, 3.05) is 0 Å². The largest absolute Gasteiger partial charge is 2.00 e. The molecule has 318 valence electrons. The Morgan fingerprint density at radius 1 is 0.474 bits per heavy atom. The molecule has 0 heterocycles. The minimum atomic E-state index is -0.393. The van der Waals surface area contributed by atoms with Crippen LogP contribution in [0.25, 0.3) is 0 Å². The van der Waals surface area contributed by atoms with Gasteiger partial charge in [-0.3, -0.25) is 4.99 Å². The molecular formula is C52H78N2NiO2. The van der Waals surface area contributed by atoms with Crippen LogP contribution in [0.3, 0.4) is 0 Å². The van der Waals surface area contributed by atoms with Crippen molar-refractivity contribution in [3.8, 4) is 11.5 Å². The van der Waals surface area contributed by atoms with E-state index in [0.717, 1.165) is 48.5 Å². The van der Waals surface area contributed by atoms with E-state index >= 15 is 0 Å². The Morgan fingerprint density at radius 2 is 0.912 bits per heavy atom. The van der Waals surface area contributed by atoms with Gasteiger partial charge in [0, 0.05) is 0 Å². The van der Waals surface area contributed by atoms with Gasteiger partial charge in [-0.1, -0.05) is 228 Å². The minimum Gasteiger partial charge on any atom is -0.873 e. The van der Waals surface area contributed by atoms with Gasteiger partial charge in [0.25, 0.3) is 0 Å². The molecule has 0 amide bonds. The molecule has 0 aliphatic rings. The molecule has 0 unspecified atom stereocenters. The number of unbranched alkanes of at least 4 members (excludes halogenated alkanes) is 22. The normalized spacial score (nSPS) is 11.7. The maximum absolute atomic E-state index is 11.0. The molecule has 57 heavy (non-hydrogen) atoms. The summed E-state index contributed by atoms with van der Waals surface area (Å²) in [5, 5.41) is 21.8. The maximum atomic E-state index is 11.0. The number of hydrogen-bond acceptors (Lipinski definition) is 4. The average Bonchev–Trinajstić information content (AvgIpc) is 3.22. The summed E-state index contributed by atoms with van der Waals surface area (Å²) in [7, 11) is 0. The van der Waals surface area contributed by atoms with E-state index in [4.69, 9.17) is 9.98 Å². The van der Waals surface area contributed by atoms with Crippen LogP contribution in [0.5, 0.6) is 11.5 Å². The molecule has 0 radical (unpaired) electrons. The van der Waals surface area contributed by atoms with Gasteiger partial charge in [-0.05, 0) is 62.4 Å². The summed E-state index contributed by atoms with van der Waals surface area (Å²) < 4.78 is 0. The fraction of sp³-hybridized carbons (Fsp3) is 0.577. The van der Waals surface area contributed by atoms with Crippen LogP contribution in [0.1, 0.15) is 193 Å². The molecule has 3 rings (SSSR count). The topological polar surface area (TPSA) is 70.8 Å². The van der Waals surface area contributed by atoms with Crippen molar-refractivity contribution < 1.29 is 26.7 Å². The van der Waals surface area contributed by atoms with Crippen LogP contribution in [-0.2, 0) is 22.9 Å². The summed E-state index contributed by atoms with van der Waals surface area (Å²) in [4.78, 5) is 10.1. The standard InChI is InChI=1S/C43H68N2.C9H12O2.Ni/c1-3-5-7-8-9-10-11-12-13-14-15-16-17-18-19-20-21-22-23-24-25-33-39-43(45-41-36-31-27-32-37-41)42(38-28-6-4-2)44-40-34-29-26-30-35-40;1-2-4-7-5-3-6-8(10)9(7)11;/h26-27,29-37,39H,3-25,28,38H2,1-2H3;3,5-6,10-11H,2,4H2,1H3;/q;;+2/p-2. The van der Waals surface area contributed by atoms with Gasteiger partial charge in [0.2, 0.25) is 0 Å². The van der Waals surface area contributed by atoms with E-state index in [2.05, 4.69) is 86.7 Å². The first-order valence-corrected chi connectivity index (χ1v) is 23.0.